The van der Waals surface area contributed by atoms with Gasteiger partial charge in [-0.3, -0.25) is 9.78 Å². The van der Waals surface area contributed by atoms with Gasteiger partial charge in [-0.15, -0.1) is 11.3 Å². The molecule has 1 atom stereocenters. The number of halogens is 1. The van der Waals surface area contributed by atoms with E-state index in [1.54, 1.807) is 24.5 Å². The van der Waals surface area contributed by atoms with Gasteiger partial charge in [0.2, 0.25) is 17.6 Å². The number of nitrogens with zero attached hydrogens (tertiary/aromatic N) is 4. The molecule has 160 valence electrons. The molecule has 0 bridgehead atoms. The van der Waals surface area contributed by atoms with Gasteiger partial charge in [-0.2, -0.15) is 9.29 Å². The molecule has 0 aliphatic rings. The molecule has 3 heterocycles. The number of hydrogen-bond donors (Lipinski definition) is 1. The molecule has 0 aliphatic carbocycles. The fourth-order valence-electron chi connectivity index (χ4n) is 2.58. The molecule has 1 unspecified atom stereocenters. The Balaban J connectivity index is 1.71. The third-order valence-corrected chi connectivity index (χ3v) is 7.69. The molecule has 0 spiro atoms. The van der Waals surface area contributed by atoms with E-state index in [2.05, 4.69) is 20.4 Å². The summed E-state index contributed by atoms with van der Waals surface area (Å²) in [6.45, 7) is 3.39. The molecule has 1 N–H and O–H groups in total. The van der Waals surface area contributed by atoms with Crippen molar-refractivity contribution in [2.75, 3.05) is 13.6 Å². The lowest BCUT2D eigenvalue weighted by Gasteiger charge is -2.21. The monoisotopic (exact) mass is 469 g/mol. The van der Waals surface area contributed by atoms with Crippen molar-refractivity contribution in [3.63, 3.8) is 0 Å². The van der Waals surface area contributed by atoms with Gasteiger partial charge in [0, 0.05) is 25.0 Å². The zero-order valence-electron chi connectivity index (χ0n) is 16.4. The molecule has 0 fully saturated rings. The van der Waals surface area contributed by atoms with Crippen molar-refractivity contribution in [1.82, 2.24) is 24.7 Å². The lowest BCUT2D eigenvalue weighted by molar-refractivity contribution is -0.122. The van der Waals surface area contributed by atoms with Crippen LogP contribution in [0, 0.1) is 5.92 Å². The average Bonchev–Trinajstić information content (AvgIpc) is 3.36. The van der Waals surface area contributed by atoms with Gasteiger partial charge in [-0.1, -0.05) is 30.6 Å². The SMILES string of the molecule is CC(C)C(NC(=O)CN(C)S(=O)(=O)c1ccc(Cl)s1)c1nc(-c2cccnc2)no1. The maximum Gasteiger partial charge on any atom is 0.252 e. The number of carbonyl (C=O) groups excluding carboxylic acids is 1. The second kappa shape index (κ2) is 9.21. The molecule has 3 rings (SSSR count). The third-order valence-electron chi connectivity index (χ3n) is 4.19. The predicted molar refractivity (Wildman–Crippen MR) is 112 cm³/mol. The molecule has 3 aromatic rings. The Morgan fingerprint density at radius 3 is 2.70 bits per heavy atom. The van der Waals surface area contributed by atoms with E-state index >= 15 is 0 Å². The lowest BCUT2D eigenvalue weighted by Crippen LogP contribution is -2.41. The Hall–Kier alpha value is -2.34. The topological polar surface area (TPSA) is 118 Å². The van der Waals surface area contributed by atoms with Crippen molar-refractivity contribution in [3.8, 4) is 11.4 Å². The Morgan fingerprint density at radius 2 is 2.10 bits per heavy atom. The standard InChI is InChI=1S/C18H20ClN5O4S2/c1-11(2)16(18-22-17(23-28-18)12-5-4-8-20-9-12)21-14(25)10-24(3)30(26,27)15-7-6-13(19)29-15/h4-9,11,16H,10H2,1-3H3,(H,21,25). The van der Waals surface area contributed by atoms with Crippen molar-refractivity contribution in [2.45, 2.75) is 24.1 Å². The number of nitrogens with one attached hydrogen (secondary N) is 1. The molecule has 0 aliphatic heterocycles. The second-order valence-electron chi connectivity index (χ2n) is 6.81. The number of likely N-dealkylation sites (N-methyl/N-ethyl adjacent to an activating group) is 1. The number of rotatable bonds is 8. The first-order valence-electron chi connectivity index (χ1n) is 8.93. The first-order valence-corrected chi connectivity index (χ1v) is 11.6. The van der Waals surface area contributed by atoms with E-state index < -0.39 is 22.0 Å². The summed E-state index contributed by atoms with van der Waals surface area (Å²) in [5, 5.41) is 6.72. The molecule has 30 heavy (non-hydrogen) atoms. The van der Waals surface area contributed by atoms with Crippen molar-refractivity contribution < 1.29 is 17.7 Å². The summed E-state index contributed by atoms with van der Waals surface area (Å²) < 4.78 is 31.9. The first kappa shape index (κ1) is 22.3. The van der Waals surface area contributed by atoms with Crippen LogP contribution >= 0.6 is 22.9 Å². The fraction of sp³-hybridized carbons (Fsp3) is 0.333. The Kier molecular flexibility index (Phi) is 6.86. The highest BCUT2D eigenvalue weighted by atomic mass is 35.5. The molecule has 3 aromatic heterocycles. The van der Waals surface area contributed by atoms with Crippen LogP contribution in [0.4, 0.5) is 0 Å². The van der Waals surface area contributed by atoms with Crippen LogP contribution in [0.3, 0.4) is 0 Å². The summed E-state index contributed by atoms with van der Waals surface area (Å²) in [6, 6.07) is 5.87. The smallest absolute Gasteiger partial charge is 0.252 e. The first-order chi connectivity index (χ1) is 14.2. The summed E-state index contributed by atoms with van der Waals surface area (Å²) in [6.07, 6.45) is 3.24. The van der Waals surface area contributed by atoms with E-state index in [9.17, 15) is 13.2 Å². The number of carbonyl (C=O) groups is 1. The summed E-state index contributed by atoms with van der Waals surface area (Å²) in [5.41, 5.74) is 0.682. The van der Waals surface area contributed by atoms with Gasteiger partial charge in [0.05, 0.1) is 10.9 Å². The zero-order chi connectivity index (χ0) is 21.9. The summed E-state index contributed by atoms with van der Waals surface area (Å²) >= 11 is 6.76. The molecule has 12 heteroatoms. The maximum absolute atomic E-state index is 12.6. The highest BCUT2D eigenvalue weighted by Crippen LogP contribution is 2.28. The van der Waals surface area contributed by atoms with Crippen LogP contribution in [0.15, 0.2) is 45.4 Å². The number of hydrogen-bond acceptors (Lipinski definition) is 8. The van der Waals surface area contributed by atoms with Crippen LogP contribution in [-0.4, -0.2) is 47.3 Å². The van der Waals surface area contributed by atoms with Crippen LogP contribution < -0.4 is 5.32 Å². The zero-order valence-corrected chi connectivity index (χ0v) is 18.8. The van der Waals surface area contributed by atoms with E-state index in [1.165, 1.54) is 19.2 Å². The molecule has 1 amide bonds. The fourth-order valence-corrected chi connectivity index (χ4v) is 5.40. The van der Waals surface area contributed by atoms with Crippen LogP contribution in [-0.2, 0) is 14.8 Å². The molecular weight excluding hydrogens is 450 g/mol. The molecule has 0 aromatic carbocycles. The van der Waals surface area contributed by atoms with E-state index in [0.717, 1.165) is 15.6 Å². The van der Waals surface area contributed by atoms with Crippen molar-refractivity contribution >= 4 is 38.9 Å². The quantitative estimate of drug-likeness (QED) is 0.538. The summed E-state index contributed by atoms with van der Waals surface area (Å²) in [5.74, 6) is 0.0118. The Bertz CT molecular complexity index is 1110. The number of sulfonamides is 1. The number of pyridine rings is 1. The van der Waals surface area contributed by atoms with Crippen LogP contribution in [0.1, 0.15) is 25.8 Å². The van der Waals surface area contributed by atoms with Crippen LogP contribution in [0.2, 0.25) is 4.34 Å². The number of amides is 1. The minimum absolute atomic E-state index is 0.0706. The largest absolute Gasteiger partial charge is 0.343 e. The normalized spacial score (nSPS) is 13.0. The van der Waals surface area contributed by atoms with Crippen molar-refractivity contribution in [3.05, 3.63) is 46.9 Å². The van der Waals surface area contributed by atoms with Gasteiger partial charge in [0.25, 0.3) is 10.0 Å². The minimum Gasteiger partial charge on any atom is -0.343 e. The predicted octanol–water partition coefficient (Wildman–Crippen LogP) is 2.98. The molecule has 9 nitrogen and oxygen atoms in total. The number of aromatic nitrogens is 3. The van der Waals surface area contributed by atoms with Gasteiger partial charge in [-0.05, 0) is 30.2 Å². The van der Waals surface area contributed by atoms with Gasteiger partial charge < -0.3 is 9.84 Å². The van der Waals surface area contributed by atoms with Gasteiger partial charge in [0.15, 0.2) is 0 Å². The van der Waals surface area contributed by atoms with E-state index in [0.29, 0.717) is 15.7 Å². The number of thiophene rings is 1. The van der Waals surface area contributed by atoms with E-state index in [1.807, 2.05) is 13.8 Å². The van der Waals surface area contributed by atoms with Gasteiger partial charge >= 0.3 is 0 Å². The van der Waals surface area contributed by atoms with E-state index in [4.69, 9.17) is 16.1 Å². The summed E-state index contributed by atoms with van der Waals surface area (Å²) in [4.78, 5) is 20.9. The molecule has 0 saturated heterocycles. The molecule has 0 radical (unpaired) electrons. The second-order valence-corrected chi connectivity index (χ2v) is 10.8. The maximum atomic E-state index is 12.6. The Morgan fingerprint density at radius 1 is 1.33 bits per heavy atom. The van der Waals surface area contributed by atoms with Gasteiger partial charge in [0.1, 0.15) is 10.3 Å². The highest BCUT2D eigenvalue weighted by Gasteiger charge is 2.28. The van der Waals surface area contributed by atoms with Crippen LogP contribution in [0.25, 0.3) is 11.4 Å². The van der Waals surface area contributed by atoms with E-state index in [-0.39, 0.29) is 22.6 Å². The Labute approximate surface area is 183 Å². The average molecular weight is 470 g/mol. The third kappa shape index (κ3) is 5.04. The lowest BCUT2D eigenvalue weighted by atomic mass is 10.0. The minimum atomic E-state index is -3.82. The molecule has 0 saturated carbocycles. The van der Waals surface area contributed by atoms with Crippen LogP contribution in [0.5, 0.6) is 0 Å². The highest BCUT2D eigenvalue weighted by molar-refractivity contribution is 7.91. The van der Waals surface area contributed by atoms with Crippen molar-refractivity contribution in [2.24, 2.45) is 5.92 Å². The van der Waals surface area contributed by atoms with Gasteiger partial charge in [-0.25, -0.2) is 8.42 Å². The van der Waals surface area contributed by atoms with Crippen molar-refractivity contribution in [1.29, 1.82) is 0 Å². The molecular formula is C18H20ClN5O4S2. The summed E-state index contributed by atoms with van der Waals surface area (Å²) in [7, 11) is -2.48.